The van der Waals surface area contributed by atoms with Crippen LogP contribution in [0.3, 0.4) is 0 Å². The first-order valence-electron chi connectivity index (χ1n) is 9.52. The second-order valence-corrected chi connectivity index (χ2v) is 7.48. The van der Waals surface area contributed by atoms with Crippen molar-refractivity contribution in [1.29, 1.82) is 0 Å². The van der Waals surface area contributed by atoms with Crippen LogP contribution in [-0.4, -0.2) is 34.9 Å². The Hall–Kier alpha value is -3.16. The molecule has 1 aromatic carbocycles. The summed E-state index contributed by atoms with van der Waals surface area (Å²) in [6, 6.07) is 5.85. The van der Waals surface area contributed by atoms with E-state index in [0.29, 0.717) is 17.3 Å². The van der Waals surface area contributed by atoms with Gasteiger partial charge in [-0.15, -0.1) is 0 Å². The first-order valence-corrected chi connectivity index (χ1v) is 9.52. The monoisotopic (exact) mass is 380 g/mol. The van der Waals surface area contributed by atoms with Crippen LogP contribution in [0.5, 0.6) is 0 Å². The van der Waals surface area contributed by atoms with E-state index in [4.69, 9.17) is 5.73 Å². The fourth-order valence-electron chi connectivity index (χ4n) is 3.76. The minimum absolute atomic E-state index is 0.0142. The minimum atomic E-state index is -0.726. The zero-order chi connectivity index (χ0) is 19.8. The zero-order valence-corrected chi connectivity index (χ0v) is 16.1. The van der Waals surface area contributed by atoms with Crippen LogP contribution in [-0.2, 0) is 9.59 Å². The van der Waals surface area contributed by atoms with E-state index in [9.17, 15) is 9.59 Å². The van der Waals surface area contributed by atoms with E-state index in [0.717, 1.165) is 42.7 Å². The Morgan fingerprint density at radius 2 is 2.00 bits per heavy atom. The number of hydrogen-bond donors (Lipinski definition) is 3. The lowest BCUT2D eigenvalue weighted by Crippen LogP contribution is -2.33. The highest BCUT2D eigenvalue weighted by Gasteiger charge is 2.35. The summed E-state index contributed by atoms with van der Waals surface area (Å²) in [6.07, 6.45) is 2.17. The maximum Gasteiger partial charge on any atom is 0.232 e. The SMILES string of the molecule is Cc1ccc(C)c(NC(=O)C2CC(=O)Nc3nc(N4CCCC4)nc(N)c32)c1. The van der Waals surface area contributed by atoms with E-state index in [-0.39, 0.29) is 24.1 Å². The van der Waals surface area contributed by atoms with Gasteiger partial charge in [-0.2, -0.15) is 9.97 Å². The van der Waals surface area contributed by atoms with Crippen LogP contribution in [0.15, 0.2) is 18.2 Å². The molecule has 146 valence electrons. The van der Waals surface area contributed by atoms with Crippen LogP contribution < -0.4 is 21.3 Å². The van der Waals surface area contributed by atoms with Crippen molar-refractivity contribution in [3.05, 3.63) is 34.9 Å². The standard InChI is InChI=1S/C20H24N6O2/c1-11-5-6-12(2)14(9-11)22-19(28)13-10-15(27)23-18-16(13)17(21)24-20(25-18)26-7-3-4-8-26/h5-6,9,13H,3-4,7-8,10H2,1-2H3,(H,22,28)(H3,21,23,24,25,27). The lowest BCUT2D eigenvalue weighted by molar-refractivity contribution is -0.123. The predicted octanol–water partition coefficient (Wildman–Crippen LogP) is 2.34. The number of carbonyl (C=O) groups is 2. The van der Waals surface area contributed by atoms with Gasteiger partial charge in [0.25, 0.3) is 0 Å². The second kappa shape index (κ2) is 7.10. The van der Waals surface area contributed by atoms with Crippen LogP contribution in [0.1, 0.15) is 41.9 Å². The minimum Gasteiger partial charge on any atom is -0.383 e. The van der Waals surface area contributed by atoms with Gasteiger partial charge in [-0.1, -0.05) is 12.1 Å². The molecule has 1 saturated heterocycles. The molecule has 0 radical (unpaired) electrons. The van der Waals surface area contributed by atoms with Gasteiger partial charge in [0, 0.05) is 25.2 Å². The molecule has 1 fully saturated rings. The molecule has 1 unspecified atom stereocenters. The van der Waals surface area contributed by atoms with Crippen LogP contribution in [0.2, 0.25) is 0 Å². The van der Waals surface area contributed by atoms with Crippen molar-refractivity contribution in [1.82, 2.24) is 9.97 Å². The number of fused-ring (bicyclic) bond motifs is 1. The average molecular weight is 380 g/mol. The molecule has 4 rings (SSSR count). The number of nitrogens with zero attached hydrogens (tertiary/aromatic N) is 3. The van der Waals surface area contributed by atoms with Crippen molar-refractivity contribution in [2.24, 2.45) is 0 Å². The third-order valence-electron chi connectivity index (χ3n) is 5.32. The molecule has 0 aliphatic carbocycles. The number of nitrogen functional groups attached to an aromatic ring is 1. The van der Waals surface area contributed by atoms with E-state index in [1.807, 2.05) is 36.9 Å². The number of aryl methyl sites for hydroxylation is 2. The highest BCUT2D eigenvalue weighted by Crippen LogP contribution is 2.37. The van der Waals surface area contributed by atoms with Crippen LogP contribution in [0.4, 0.5) is 23.3 Å². The second-order valence-electron chi connectivity index (χ2n) is 7.48. The number of benzene rings is 1. The largest absolute Gasteiger partial charge is 0.383 e. The molecule has 2 aliphatic heterocycles. The Balaban J connectivity index is 1.67. The number of nitrogens with two attached hydrogens (primary N) is 1. The van der Waals surface area contributed by atoms with E-state index < -0.39 is 5.92 Å². The Labute approximate surface area is 163 Å². The van der Waals surface area contributed by atoms with Crippen molar-refractivity contribution in [2.45, 2.75) is 39.0 Å². The quantitative estimate of drug-likeness (QED) is 0.753. The molecular formula is C20H24N6O2. The summed E-state index contributed by atoms with van der Waals surface area (Å²) in [5.74, 6) is -0.172. The molecule has 1 aromatic heterocycles. The number of carbonyl (C=O) groups excluding carboxylic acids is 2. The van der Waals surface area contributed by atoms with Gasteiger partial charge in [0.2, 0.25) is 17.8 Å². The lowest BCUT2D eigenvalue weighted by atomic mass is 9.91. The summed E-state index contributed by atoms with van der Waals surface area (Å²) in [5.41, 5.74) is 9.43. The summed E-state index contributed by atoms with van der Waals surface area (Å²) < 4.78 is 0. The lowest BCUT2D eigenvalue weighted by Gasteiger charge is -2.27. The summed E-state index contributed by atoms with van der Waals surface area (Å²) in [6.45, 7) is 5.62. The van der Waals surface area contributed by atoms with Crippen LogP contribution in [0, 0.1) is 13.8 Å². The van der Waals surface area contributed by atoms with Gasteiger partial charge in [0.05, 0.1) is 11.5 Å². The molecule has 2 aromatic rings. The molecule has 1 atom stereocenters. The number of aromatic nitrogens is 2. The number of amides is 2. The summed E-state index contributed by atoms with van der Waals surface area (Å²) in [4.78, 5) is 36.2. The Morgan fingerprint density at radius 3 is 2.75 bits per heavy atom. The first-order chi connectivity index (χ1) is 13.4. The molecule has 28 heavy (non-hydrogen) atoms. The predicted molar refractivity (Wildman–Crippen MR) is 108 cm³/mol. The fourth-order valence-corrected chi connectivity index (χ4v) is 3.76. The van der Waals surface area contributed by atoms with E-state index in [2.05, 4.69) is 20.6 Å². The van der Waals surface area contributed by atoms with Gasteiger partial charge < -0.3 is 21.3 Å². The van der Waals surface area contributed by atoms with E-state index in [1.165, 1.54) is 0 Å². The highest BCUT2D eigenvalue weighted by atomic mass is 16.2. The highest BCUT2D eigenvalue weighted by molar-refractivity contribution is 6.05. The van der Waals surface area contributed by atoms with Gasteiger partial charge in [-0.05, 0) is 43.9 Å². The summed E-state index contributed by atoms with van der Waals surface area (Å²) in [7, 11) is 0. The normalized spacial score (nSPS) is 18.6. The van der Waals surface area contributed by atoms with E-state index >= 15 is 0 Å². The molecule has 4 N–H and O–H groups in total. The van der Waals surface area contributed by atoms with Crippen molar-refractivity contribution >= 4 is 35.1 Å². The number of anilines is 4. The Morgan fingerprint density at radius 1 is 1.25 bits per heavy atom. The molecule has 0 spiro atoms. The molecule has 0 bridgehead atoms. The van der Waals surface area contributed by atoms with Crippen LogP contribution in [0.25, 0.3) is 0 Å². The van der Waals surface area contributed by atoms with Gasteiger partial charge >= 0.3 is 0 Å². The van der Waals surface area contributed by atoms with Crippen LogP contribution >= 0.6 is 0 Å². The average Bonchev–Trinajstić information content (AvgIpc) is 3.18. The Kier molecular flexibility index (Phi) is 4.62. The topological polar surface area (TPSA) is 113 Å². The molecular weight excluding hydrogens is 356 g/mol. The zero-order valence-electron chi connectivity index (χ0n) is 16.1. The molecule has 2 aliphatic rings. The molecule has 3 heterocycles. The van der Waals surface area contributed by atoms with Gasteiger partial charge in [-0.25, -0.2) is 0 Å². The number of nitrogens with one attached hydrogen (secondary N) is 2. The maximum absolute atomic E-state index is 13.0. The van der Waals surface area contributed by atoms with Crippen molar-refractivity contribution in [2.75, 3.05) is 34.4 Å². The summed E-state index contributed by atoms with van der Waals surface area (Å²) >= 11 is 0. The molecule has 0 saturated carbocycles. The van der Waals surface area contributed by atoms with Gasteiger partial charge in [0.15, 0.2) is 0 Å². The third-order valence-corrected chi connectivity index (χ3v) is 5.32. The molecule has 2 amide bonds. The fraction of sp³-hybridized carbons (Fsp3) is 0.400. The number of rotatable bonds is 3. The Bertz CT molecular complexity index is 952. The van der Waals surface area contributed by atoms with Crippen molar-refractivity contribution in [3.63, 3.8) is 0 Å². The molecule has 8 nitrogen and oxygen atoms in total. The molecule has 8 heteroatoms. The van der Waals surface area contributed by atoms with Gasteiger partial charge in [-0.3, -0.25) is 9.59 Å². The van der Waals surface area contributed by atoms with Crippen molar-refractivity contribution in [3.8, 4) is 0 Å². The maximum atomic E-state index is 13.0. The summed E-state index contributed by atoms with van der Waals surface area (Å²) in [5, 5.41) is 5.70. The number of hydrogen-bond acceptors (Lipinski definition) is 6. The van der Waals surface area contributed by atoms with Gasteiger partial charge in [0.1, 0.15) is 11.6 Å². The van der Waals surface area contributed by atoms with E-state index in [1.54, 1.807) is 0 Å². The third kappa shape index (κ3) is 3.37. The van der Waals surface area contributed by atoms with Crippen molar-refractivity contribution < 1.29 is 9.59 Å². The first kappa shape index (κ1) is 18.2. The smallest absolute Gasteiger partial charge is 0.232 e.